The number of aromatic nitrogens is 3. The summed E-state index contributed by atoms with van der Waals surface area (Å²) in [5.74, 6) is 3.11. The van der Waals surface area contributed by atoms with Crippen LogP contribution in [-0.4, -0.2) is 43.8 Å². The quantitative estimate of drug-likeness (QED) is 0.841. The summed E-state index contributed by atoms with van der Waals surface area (Å²) in [7, 11) is 0. The second-order valence-corrected chi connectivity index (χ2v) is 8.88. The van der Waals surface area contributed by atoms with E-state index < -0.39 is 0 Å². The maximum absolute atomic E-state index is 12.9. The van der Waals surface area contributed by atoms with E-state index in [0.29, 0.717) is 6.04 Å². The molecule has 1 N–H and O–H groups in total. The summed E-state index contributed by atoms with van der Waals surface area (Å²) in [6.45, 7) is 2.92. The van der Waals surface area contributed by atoms with Crippen molar-refractivity contribution < 1.29 is 4.79 Å². The number of aromatic amines is 1. The molecule has 1 aliphatic heterocycles. The fourth-order valence-corrected chi connectivity index (χ4v) is 5.87. The molecular formula is C17H26N4OS. The third kappa shape index (κ3) is 3.14. The smallest absolute Gasteiger partial charge is 0.236 e. The van der Waals surface area contributed by atoms with Gasteiger partial charge in [-0.2, -0.15) is 5.10 Å². The number of rotatable bonds is 5. The average molecular weight is 334 g/mol. The number of nitrogens with one attached hydrogen (secondary N) is 1. The SMILES string of the molecule is CC(Sc1ncn[nH]1)C(=O)N1CCCC1CC1CC2CCC1C2. The maximum atomic E-state index is 12.9. The molecule has 1 aromatic rings. The first-order chi connectivity index (χ1) is 11.2. The highest BCUT2D eigenvalue weighted by Gasteiger charge is 2.42. The highest BCUT2D eigenvalue weighted by atomic mass is 32.2. The van der Waals surface area contributed by atoms with Gasteiger partial charge in [-0.1, -0.05) is 18.2 Å². The van der Waals surface area contributed by atoms with E-state index in [2.05, 4.69) is 20.1 Å². The number of amides is 1. The number of carbonyl (C=O) groups excluding carboxylic acids is 1. The highest BCUT2D eigenvalue weighted by molar-refractivity contribution is 8.00. The van der Waals surface area contributed by atoms with Crippen LogP contribution in [0.3, 0.4) is 0 Å². The lowest BCUT2D eigenvalue weighted by Gasteiger charge is -2.31. The van der Waals surface area contributed by atoms with Crippen molar-refractivity contribution in [2.75, 3.05) is 6.54 Å². The van der Waals surface area contributed by atoms with Crippen LogP contribution in [0, 0.1) is 17.8 Å². The third-order valence-electron chi connectivity index (χ3n) is 6.15. The minimum Gasteiger partial charge on any atom is -0.339 e. The van der Waals surface area contributed by atoms with Crippen LogP contribution in [0.15, 0.2) is 11.5 Å². The van der Waals surface area contributed by atoms with Crippen molar-refractivity contribution in [3.63, 3.8) is 0 Å². The molecule has 126 valence electrons. The molecule has 1 amide bonds. The van der Waals surface area contributed by atoms with Crippen LogP contribution in [0.25, 0.3) is 0 Å². The number of hydrogen-bond acceptors (Lipinski definition) is 4. The van der Waals surface area contributed by atoms with E-state index in [1.807, 2.05) is 6.92 Å². The van der Waals surface area contributed by atoms with Gasteiger partial charge in [-0.15, -0.1) is 0 Å². The lowest BCUT2D eigenvalue weighted by Crippen LogP contribution is -2.41. The molecule has 5 atom stereocenters. The van der Waals surface area contributed by atoms with Crippen molar-refractivity contribution >= 4 is 17.7 Å². The number of nitrogens with zero attached hydrogens (tertiary/aromatic N) is 3. The summed E-state index contributed by atoms with van der Waals surface area (Å²) in [6, 6.07) is 0.477. The van der Waals surface area contributed by atoms with Gasteiger partial charge in [0, 0.05) is 12.6 Å². The molecular weight excluding hydrogens is 308 g/mol. The Hall–Kier alpha value is -1.04. The summed E-state index contributed by atoms with van der Waals surface area (Å²) in [6.07, 6.45) is 10.9. The van der Waals surface area contributed by atoms with Crippen molar-refractivity contribution in [2.45, 2.75) is 68.3 Å². The number of hydrogen-bond donors (Lipinski definition) is 1. The molecule has 4 rings (SSSR count). The summed E-state index contributed by atoms with van der Waals surface area (Å²) >= 11 is 1.48. The molecule has 5 unspecified atom stereocenters. The third-order valence-corrected chi connectivity index (χ3v) is 7.12. The summed E-state index contributed by atoms with van der Waals surface area (Å²) < 4.78 is 0. The van der Waals surface area contributed by atoms with Crippen molar-refractivity contribution in [3.05, 3.63) is 6.33 Å². The average Bonchev–Trinajstić information content (AvgIpc) is 3.31. The Morgan fingerprint density at radius 1 is 1.43 bits per heavy atom. The second kappa shape index (κ2) is 6.46. The minimum absolute atomic E-state index is 0.0939. The Kier molecular flexibility index (Phi) is 4.35. The fraction of sp³-hybridized carbons (Fsp3) is 0.824. The van der Waals surface area contributed by atoms with Gasteiger partial charge >= 0.3 is 0 Å². The lowest BCUT2D eigenvalue weighted by atomic mass is 9.83. The van der Waals surface area contributed by atoms with Crippen molar-refractivity contribution in [1.82, 2.24) is 20.1 Å². The molecule has 23 heavy (non-hydrogen) atoms. The zero-order chi connectivity index (χ0) is 15.8. The van der Waals surface area contributed by atoms with Crippen molar-refractivity contribution in [1.29, 1.82) is 0 Å². The first-order valence-corrected chi connectivity index (χ1v) is 9.91. The maximum Gasteiger partial charge on any atom is 0.236 e. The van der Waals surface area contributed by atoms with E-state index in [1.165, 1.54) is 56.6 Å². The van der Waals surface area contributed by atoms with E-state index in [1.54, 1.807) is 0 Å². The first-order valence-electron chi connectivity index (χ1n) is 9.03. The predicted octanol–water partition coefficient (Wildman–Crippen LogP) is 3.10. The number of fused-ring (bicyclic) bond motifs is 2. The molecule has 3 fully saturated rings. The Bertz CT molecular complexity index is 549. The van der Waals surface area contributed by atoms with Gasteiger partial charge in [0.1, 0.15) is 6.33 Å². The normalized spacial score (nSPS) is 34.2. The molecule has 1 saturated heterocycles. The van der Waals surface area contributed by atoms with Gasteiger partial charge in [-0.25, -0.2) is 4.98 Å². The summed E-state index contributed by atoms with van der Waals surface area (Å²) in [5.41, 5.74) is 0. The number of likely N-dealkylation sites (tertiary alicyclic amines) is 1. The largest absolute Gasteiger partial charge is 0.339 e. The van der Waals surface area contributed by atoms with Gasteiger partial charge in [-0.05, 0) is 63.2 Å². The van der Waals surface area contributed by atoms with Crippen LogP contribution < -0.4 is 0 Å². The van der Waals surface area contributed by atoms with E-state index in [0.717, 1.165) is 35.9 Å². The van der Waals surface area contributed by atoms with Crippen molar-refractivity contribution in [2.24, 2.45) is 17.8 Å². The molecule has 2 saturated carbocycles. The van der Waals surface area contributed by atoms with Gasteiger partial charge < -0.3 is 4.90 Å². The van der Waals surface area contributed by atoms with E-state index >= 15 is 0 Å². The molecule has 1 aromatic heterocycles. The fourth-order valence-electron chi connectivity index (χ4n) is 5.09. The molecule has 2 bridgehead atoms. The Labute approximate surface area is 142 Å². The number of thioether (sulfide) groups is 1. The van der Waals surface area contributed by atoms with E-state index in [9.17, 15) is 4.79 Å². The van der Waals surface area contributed by atoms with Gasteiger partial charge in [0.2, 0.25) is 5.91 Å². The molecule has 3 aliphatic rings. The van der Waals surface area contributed by atoms with Crippen molar-refractivity contribution in [3.8, 4) is 0 Å². The standard InChI is InChI=1S/C17H26N4OS/c1-11(23-17-18-10-19-20-17)16(22)21-6-2-3-15(21)9-14-8-12-4-5-13(14)7-12/h10-15H,2-9H2,1H3,(H,18,19,20). The number of H-pyrrole nitrogens is 1. The van der Waals surface area contributed by atoms with Crippen LogP contribution in [-0.2, 0) is 4.79 Å². The van der Waals surface area contributed by atoms with E-state index in [4.69, 9.17) is 0 Å². The molecule has 0 aromatic carbocycles. The van der Waals surface area contributed by atoms with Crippen LogP contribution in [0.2, 0.25) is 0 Å². The minimum atomic E-state index is -0.0939. The van der Waals surface area contributed by atoms with Gasteiger partial charge in [0.05, 0.1) is 5.25 Å². The summed E-state index contributed by atoms with van der Waals surface area (Å²) in [5, 5.41) is 7.33. The first kappa shape index (κ1) is 15.5. The van der Waals surface area contributed by atoms with Crippen LogP contribution >= 0.6 is 11.8 Å². The molecule has 6 heteroatoms. The Morgan fingerprint density at radius 2 is 2.35 bits per heavy atom. The molecule has 0 radical (unpaired) electrons. The zero-order valence-electron chi connectivity index (χ0n) is 13.8. The zero-order valence-corrected chi connectivity index (χ0v) is 14.6. The van der Waals surface area contributed by atoms with Gasteiger partial charge in [0.15, 0.2) is 5.16 Å². The van der Waals surface area contributed by atoms with Gasteiger partial charge in [-0.3, -0.25) is 9.89 Å². The Morgan fingerprint density at radius 3 is 3.04 bits per heavy atom. The molecule has 2 heterocycles. The Balaban J connectivity index is 1.36. The summed E-state index contributed by atoms with van der Waals surface area (Å²) in [4.78, 5) is 19.1. The van der Waals surface area contributed by atoms with Crippen LogP contribution in [0.5, 0.6) is 0 Å². The topological polar surface area (TPSA) is 61.9 Å². The van der Waals surface area contributed by atoms with Crippen LogP contribution in [0.1, 0.15) is 51.9 Å². The van der Waals surface area contributed by atoms with E-state index in [-0.39, 0.29) is 11.2 Å². The number of carbonyl (C=O) groups is 1. The highest BCUT2D eigenvalue weighted by Crippen LogP contribution is 2.50. The molecule has 2 aliphatic carbocycles. The second-order valence-electron chi connectivity index (χ2n) is 7.55. The predicted molar refractivity (Wildman–Crippen MR) is 90.0 cm³/mol. The molecule has 5 nitrogen and oxygen atoms in total. The lowest BCUT2D eigenvalue weighted by molar-refractivity contribution is -0.131. The monoisotopic (exact) mass is 334 g/mol. The van der Waals surface area contributed by atoms with Crippen LogP contribution in [0.4, 0.5) is 0 Å². The van der Waals surface area contributed by atoms with Gasteiger partial charge in [0.25, 0.3) is 0 Å². The molecule has 0 spiro atoms.